The van der Waals surface area contributed by atoms with Crippen LogP contribution in [0.1, 0.15) is 17.0 Å². The van der Waals surface area contributed by atoms with E-state index in [1.165, 1.54) is 6.21 Å². The van der Waals surface area contributed by atoms with Crippen LogP contribution < -0.4 is 5.32 Å². The number of carbonyl (C=O) groups is 1. The molecule has 0 saturated heterocycles. The fourth-order valence-electron chi connectivity index (χ4n) is 1.99. The highest BCUT2D eigenvalue weighted by Gasteiger charge is 2.11. The number of rotatable bonds is 4. The van der Waals surface area contributed by atoms with Crippen LogP contribution in [0.15, 0.2) is 27.7 Å². The third kappa shape index (κ3) is 3.73. The van der Waals surface area contributed by atoms with Crippen LogP contribution in [-0.2, 0) is 11.8 Å². The first kappa shape index (κ1) is 16.2. The molecule has 22 heavy (non-hydrogen) atoms. The molecule has 7 heteroatoms. The summed E-state index contributed by atoms with van der Waals surface area (Å²) in [6.45, 7) is 3.70. The Bertz CT molecular complexity index is 737. The second kappa shape index (κ2) is 6.74. The second-order valence-corrected chi connectivity index (χ2v) is 5.81. The third-order valence-electron chi connectivity index (χ3n) is 3.23. The van der Waals surface area contributed by atoms with Crippen molar-refractivity contribution in [3.05, 3.63) is 39.6 Å². The van der Waals surface area contributed by atoms with E-state index in [0.717, 1.165) is 15.9 Å². The molecule has 0 unspecified atom stereocenters. The highest BCUT2D eigenvalue weighted by atomic mass is 79.9. The minimum absolute atomic E-state index is 0.0280. The Balaban J connectivity index is 2.01. The summed E-state index contributed by atoms with van der Waals surface area (Å²) >= 11 is 3.32. The number of aromatic hydroxyl groups is 1. The van der Waals surface area contributed by atoms with Gasteiger partial charge >= 0.3 is 0 Å². The van der Waals surface area contributed by atoms with E-state index in [0.29, 0.717) is 11.3 Å². The van der Waals surface area contributed by atoms with E-state index >= 15 is 0 Å². The number of nitrogens with one attached hydrogen (secondary N) is 1. The Kier molecular flexibility index (Phi) is 4.97. The highest BCUT2D eigenvalue weighted by molar-refractivity contribution is 9.10. The molecule has 0 saturated carbocycles. The Morgan fingerprint density at radius 2 is 2.23 bits per heavy atom. The zero-order chi connectivity index (χ0) is 16.3. The molecule has 1 aromatic carbocycles. The standard InChI is InChI=1S/C15H17BrN4O2/c1-9-15(10(2)20(3)19-9)18-14(22)8-17-7-11-6-12(16)4-5-13(11)21/h4-7,21H,8H2,1-3H3,(H,18,22). The molecule has 0 radical (unpaired) electrons. The van der Waals surface area contributed by atoms with Crippen LogP contribution in [0, 0.1) is 13.8 Å². The first-order valence-electron chi connectivity index (χ1n) is 6.67. The predicted octanol–water partition coefficient (Wildman–Crippen LogP) is 2.56. The number of aliphatic imine (C=N–C) groups is 1. The van der Waals surface area contributed by atoms with E-state index in [-0.39, 0.29) is 18.2 Å². The van der Waals surface area contributed by atoms with Gasteiger partial charge in [0.1, 0.15) is 12.3 Å². The molecule has 0 bridgehead atoms. The summed E-state index contributed by atoms with van der Waals surface area (Å²) in [5, 5.41) is 16.7. The minimum Gasteiger partial charge on any atom is -0.507 e. The lowest BCUT2D eigenvalue weighted by Gasteiger charge is -2.04. The van der Waals surface area contributed by atoms with Gasteiger partial charge in [-0.15, -0.1) is 0 Å². The molecule has 0 atom stereocenters. The van der Waals surface area contributed by atoms with E-state index in [9.17, 15) is 9.90 Å². The number of amides is 1. The van der Waals surface area contributed by atoms with Gasteiger partial charge in [-0.2, -0.15) is 5.10 Å². The lowest BCUT2D eigenvalue weighted by atomic mass is 10.2. The molecular weight excluding hydrogens is 348 g/mol. The molecule has 1 aromatic heterocycles. The number of halogens is 1. The Labute approximate surface area is 137 Å². The number of phenolic OH excluding ortho intramolecular Hbond substituents is 1. The van der Waals surface area contributed by atoms with E-state index in [2.05, 4.69) is 31.3 Å². The number of nitrogens with zero attached hydrogens (tertiary/aromatic N) is 3. The summed E-state index contributed by atoms with van der Waals surface area (Å²) in [4.78, 5) is 16.0. The maximum Gasteiger partial charge on any atom is 0.246 e. The van der Waals surface area contributed by atoms with Crippen molar-refractivity contribution in [2.45, 2.75) is 13.8 Å². The Hall–Kier alpha value is -2.15. The zero-order valence-corrected chi connectivity index (χ0v) is 14.2. The van der Waals surface area contributed by atoms with Gasteiger partial charge in [-0.05, 0) is 32.0 Å². The topological polar surface area (TPSA) is 79.5 Å². The summed E-state index contributed by atoms with van der Waals surface area (Å²) in [6.07, 6.45) is 1.47. The van der Waals surface area contributed by atoms with Crippen LogP contribution in [0.5, 0.6) is 5.75 Å². The molecule has 1 heterocycles. The molecule has 2 rings (SSSR count). The summed E-state index contributed by atoms with van der Waals surface area (Å²) < 4.78 is 2.55. The van der Waals surface area contributed by atoms with Crippen molar-refractivity contribution in [3.63, 3.8) is 0 Å². The van der Waals surface area contributed by atoms with Crippen LogP contribution in [0.4, 0.5) is 5.69 Å². The molecule has 6 nitrogen and oxygen atoms in total. The smallest absolute Gasteiger partial charge is 0.246 e. The van der Waals surface area contributed by atoms with Gasteiger partial charge < -0.3 is 10.4 Å². The van der Waals surface area contributed by atoms with Gasteiger partial charge in [0.15, 0.2) is 0 Å². The molecule has 0 aliphatic rings. The van der Waals surface area contributed by atoms with Crippen molar-refractivity contribution in [2.75, 3.05) is 11.9 Å². The maximum absolute atomic E-state index is 11.9. The average molecular weight is 365 g/mol. The molecular formula is C15H17BrN4O2. The number of anilines is 1. The number of hydrogen-bond donors (Lipinski definition) is 2. The van der Waals surface area contributed by atoms with Gasteiger partial charge in [0.25, 0.3) is 0 Å². The first-order chi connectivity index (χ1) is 10.4. The Morgan fingerprint density at radius 1 is 1.50 bits per heavy atom. The number of phenols is 1. The van der Waals surface area contributed by atoms with E-state index in [1.807, 2.05) is 20.9 Å². The monoisotopic (exact) mass is 364 g/mol. The third-order valence-corrected chi connectivity index (χ3v) is 3.72. The van der Waals surface area contributed by atoms with Gasteiger partial charge in [-0.1, -0.05) is 15.9 Å². The Morgan fingerprint density at radius 3 is 2.86 bits per heavy atom. The van der Waals surface area contributed by atoms with Gasteiger partial charge in [0.05, 0.1) is 17.1 Å². The van der Waals surface area contributed by atoms with E-state index in [4.69, 9.17) is 0 Å². The van der Waals surface area contributed by atoms with Crippen molar-refractivity contribution >= 4 is 33.7 Å². The number of benzene rings is 1. The molecule has 2 aromatic rings. The number of hydrogen-bond acceptors (Lipinski definition) is 4. The summed E-state index contributed by atoms with van der Waals surface area (Å²) in [5.41, 5.74) is 2.92. The molecule has 0 fully saturated rings. The number of aromatic nitrogens is 2. The second-order valence-electron chi connectivity index (χ2n) is 4.89. The van der Waals surface area contributed by atoms with E-state index < -0.39 is 0 Å². The largest absolute Gasteiger partial charge is 0.507 e. The van der Waals surface area contributed by atoms with Crippen molar-refractivity contribution in [1.82, 2.24) is 9.78 Å². The fraction of sp³-hybridized carbons (Fsp3) is 0.267. The minimum atomic E-state index is -0.232. The summed E-state index contributed by atoms with van der Waals surface area (Å²) in [5.74, 6) is -0.115. The number of carbonyl (C=O) groups excluding carboxylic acids is 1. The quantitative estimate of drug-likeness (QED) is 0.818. The fourth-order valence-corrected chi connectivity index (χ4v) is 2.37. The lowest BCUT2D eigenvalue weighted by molar-refractivity contribution is -0.114. The first-order valence-corrected chi connectivity index (χ1v) is 7.46. The van der Waals surface area contributed by atoms with Crippen molar-refractivity contribution in [2.24, 2.45) is 12.0 Å². The average Bonchev–Trinajstić information content (AvgIpc) is 2.69. The normalized spacial score (nSPS) is 11.1. The summed E-state index contributed by atoms with van der Waals surface area (Å²) in [6, 6.07) is 5.02. The molecule has 2 N–H and O–H groups in total. The molecule has 1 amide bonds. The maximum atomic E-state index is 11.9. The molecule has 0 aliphatic heterocycles. The van der Waals surface area contributed by atoms with Crippen LogP contribution in [0.2, 0.25) is 0 Å². The molecule has 0 aliphatic carbocycles. The van der Waals surface area contributed by atoms with Crippen LogP contribution in [0.3, 0.4) is 0 Å². The lowest BCUT2D eigenvalue weighted by Crippen LogP contribution is -2.16. The number of aryl methyl sites for hydroxylation is 2. The van der Waals surface area contributed by atoms with Crippen molar-refractivity contribution in [1.29, 1.82) is 0 Å². The van der Waals surface area contributed by atoms with Gasteiger partial charge in [0.2, 0.25) is 5.91 Å². The van der Waals surface area contributed by atoms with Crippen molar-refractivity contribution < 1.29 is 9.90 Å². The van der Waals surface area contributed by atoms with Crippen LogP contribution in [-0.4, -0.2) is 33.6 Å². The van der Waals surface area contributed by atoms with Crippen molar-refractivity contribution in [3.8, 4) is 5.75 Å². The van der Waals surface area contributed by atoms with Gasteiger partial charge in [-0.25, -0.2) is 0 Å². The van der Waals surface area contributed by atoms with Crippen LogP contribution in [0.25, 0.3) is 0 Å². The molecule has 116 valence electrons. The van der Waals surface area contributed by atoms with Gasteiger partial charge in [-0.3, -0.25) is 14.5 Å². The van der Waals surface area contributed by atoms with Crippen LogP contribution >= 0.6 is 15.9 Å². The zero-order valence-electron chi connectivity index (χ0n) is 12.6. The van der Waals surface area contributed by atoms with Gasteiger partial charge in [0, 0.05) is 23.3 Å². The predicted molar refractivity (Wildman–Crippen MR) is 89.6 cm³/mol. The van der Waals surface area contributed by atoms with E-state index in [1.54, 1.807) is 22.9 Å². The molecule has 0 spiro atoms. The SMILES string of the molecule is Cc1nn(C)c(C)c1NC(=O)CN=Cc1cc(Br)ccc1O. The highest BCUT2D eigenvalue weighted by Crippen LogP contribution is 2.20. The summed E-state index contributed by atoms with van der Waals surface area (Å²) in [7, 11) is 1.83.